The van der Waals surface area contributed by atoms with E-state index in [-0.39, 0.29) is 31.9 Å². The Kier molecular flexibility index (Phi) is 4.07. The van der Waals surface area contributed by atoms with Crippen molar-refractivity contribution in [2.45, 2.75) is 22.4 Å². The maximum Gasteiger partial charge on any atom is 0.416 e. The van der Waals surface area contributed by atoms with Gasteiger partial charge in [0.2, 0.25) is 0 Å². The lowest BCUT2D eigenvalue weighted by Crippen LogP contribution is -2.25. The smallest absolute Gasteiger partial charge is 0.340 e. The molecule has 7 heteroatoms. The number of rotatable bonds is 4. The molecule has 0 aliphatic carbocycles. The van der Waals surface area contributed by atoms with Crippen molar-refractivity contribution in [1.29, 1.82) is 0 Å². The molecule has 0 saturated heterocycles. The molecule has 0 amide bonds. The van der Waals surface area contributed by atoms with Crippen molar-refractivity contribution in [3.63, 3.8) is 0 Å². The summed E-state index contributed by atoms with van der Waals surface area (Å²) in [6, 6.07) is 10.7. The Bertz CT molecular complexity index is 906. The standard InChI is InChI=1S/C18H19F3N2S.ClH/c1-22(2)10-5-11-23-14-6-3-4-7-16(14)24-17-9-8-13(12-15(17)23)18(19,20)21;/h3-4,6-9,12H,5,10-11H2,1-2H3;1H/i1D3,2D3;. The van der Waals surface area contributed by atoms with Gasteiger partial charge in [-0.2, -0.15) is 13.2 Å². The molecule has 2 nitrogen and oxygen atoms in total. The minimum Gasteiger partial charge on any atom is -0.340 e. The Morgan fingerprint density at radius 2 is 1.80 bits per heavy atom. The first-order chi connectivity index (χ1) is 13.8. The number of fused-ring (bicyclic) bond motifs is 2. The van der Waals surface area contributed by atoms with E-state index < -0.39 is 25.7 Å². The monoisotopic (exact) mass is 394 g/mol. The van der Waals surface area contributed by atoms with Crippen LogP contribution in [0.15, 0.2) is 52.3 Å². The number of benzene rings is 2. The normalized spacial score (nSPS) is 17.8. The van der Waals surface area contributed by atoms with Crippen LogP contribution < -0.4 is 4.90 Å². The molecule has 1 heterocycles. The second-order valence-electron chi connectivity index (χ2n) is 5.41. The highest BCUT2D eigenvalue weighted by molar-refractivity contribution is 7.99. The van der Waals surface area contributed by atoms with Crippen molar-refractivity contribution in [1.82, 2.24) is 4.90 Å². The van der Waals surface area contributed by atoms with E-state index >= 15 is 0 Å². The third-order valence-electron chi connectivity index (χ3n) is 3.72. The molecule has 2 aromatic rings. The van der Waals surface area contributed by atoms with E-state index in [1.807, 2.05) is 12.1 Å². The number of nitrogens with zero attached hydrogens (tertiary/aromatic N) is 2. The zero-order valence-corrected chi connectivity index (χ0v) is 14.6. The van der Waals surface area contributed by atoms with Gasteiger partial charge in [0.05, 0.1) is 16.9 Å². The lowest BCUT2D eigenvalue weighted by Gasteiger charge is -2.33. The number of halogens is 4. The quantitative estimate of drug-likeness (QED) is 0.658. The summed E-state index contributed by atoms with van der Waals surface area (Å²) in [5.41, 5.74) is 0.282. The van der Waals surface area contributed by atoms with Gasteiger partial charge in [-0.3, -0.25) is 0 Å². The van der Waals surface area contributed by atoms with Crippen LogP contribution in [0.2, 0.25) is 0 Å². The summed E-state index contributed by atoms with van der Waals surface area (Å²) in [4.78, 5) is 3.64. The molecule has 0 fully saturated rings. The Balaban J connectivity index is 0.00000341. The topological polar surface area (TPSA) is 6.48 Å². The van der Waals surface area contributed by atoms with E-state index in [1.54, 1.807) is 17.0 Å². The molecular weight excluding hydrogens is 369 g/mol. The van der Waals surface area contributed by atoms with Gasteiger partial charge in [0.25, 0.3) is 0 Å². The highest BCUT2D eigenvalue weighted by Crippen LogP contribution is 2.49. The molecule has 1 aliphatic heterocycles. The van der Waals surface area contributed by atoms with Crippen molar-refractivity contribution >= 4 is 35.5 Å². The first kappa shape index (κ1) is 12.9. The van der Waals surface area contributed by atoms with Gasteiger partial charge in [0.1, 0.15) is 0 Å². The minimum atomic E-state index is -4.50. The van der Waals surface area contributed by atoms with Gasteiger partial charge in [0, 0.05) is 24.6 Å². The van der Waals surface area contributed by atoms with Crippen molar-refractivity contribution in [3.05, 3.63) is 48.0 Å². The highest BCUT2D eigenvalue weighted by Gasteiger charge is 2.33. The third kappa shape index (κ3) is 4.43. The number of para-hydroxylation sites is 1. The first-order valence-electron chi connectivity index (χ1n) is 10.3. The minimum absolute atomic E-state index is 0. The number of hydrogen-bond acceptors (Lipinski definition) is 3. The summed E-state index contributed by atoms with van der Waals surface area (Å²) in [6.45, 7) is -5.70. The molecule has 0 N–H and O–H groups in total. The van der Waals surface area contributed by atoms with Crippen molar-refractivity contribution < 1.29 is 21.4 Å². The molecule has 3 rings (SSSR count). The Morgan fingerprint density at radius 3 is 2.52 bits per heavy atom. The molecule has 0 atom stereocenters. The summed E-state index contributed by atoms with van der Waals surface area (Å²) in [7, 11) is 0. The van der Waals surface area contributed by atoms with Crippen LogP contribution in [0, 0.1) is 0 Å². The average molecular weight is 395 g/mol. The molecular formula is C18H20ClF3N2S. The van der Waals surface area contributed by atoms with Crippen molar-refractivity contribution in [2.24, 2.45) is 0 Å². The lowest BCUT2D eigenvalue weighted by atomic mass is 10.1. The fourth-order valence-corrected chi connectivity index (χ4v) is 3.71. The predicted molar refractivity (Wildman–Crippen MR) is 99.4 cm³/mol. The van der Waals surface area contributed by atoms with Gasteiger partial charge in [0.15, 0.2) is 0 Å². The van der Waals surface area contributed by atoms with Gasteiger partial charge < -0.3 is 9.80 Å². The van der Waals surface area contributed by atoms with Crippen LogP contribution in [0.5, 0.6) is 0 Å². The van der Waals surface area contributed by atoms with Gasteiger partial charge in [-0.1, -0.05) is 23.9 Å². The predicted octanol–water partition coefficient (Wildman–Crippen LogP) is 5.68. The highest BCUT2D eigenvalue weighted by atomic mass is 35.5. The molecule has 25 heavy (non-hydrogen) atoms. The fraction of sp³-hybridized carbons (Fsp3) is 0.333. The van der Waals surface area contributed by atoms with E-state index in [4.69, 9.17) is 8.22 Å². The van der Waals surface area contributed by atoms with Crippen molar-refractivity contribution in [3.8, 4) is 0 Å². The molecule has 0 saturated carbocycles. The first-order valence-corrected chi connectivity index (χ1v) is 8.13. The summed E-state index contributed by atoms with van der Waals surface area (Å²) in [5, 5.41) is 0. The fourth-order valence-electron chi connectivity index (χ4n) is 2.63. The van der Waals surface area contributed by atoms with E-state index in [1.165, 1.54) is 17.8 Å². The zero-order chi connectivity index (χ0) is 22.3. The molecule has 1 aliphatic rings. The number of alkyl halides is 3. The maximum atomic E-state index is 13.2. The molecule has 2 aromatic carbocycles. The molecule has 0 radical (unpaired) electrons. The Hall–Kier alpha value is -1.37. The zero-order valence-electron chi connectivity index (χ0n) is 19.0. The summed E-state index contributed by atoms with van der Waals surface area (Å²) in [5.74, 6) is 0. The Morgan fingerprint density at radius 1 is 1.08 bits per heavy atom. The van der Waals surface area contributed by atoms with E-state index in [2.05, 4.69) is 0 Å². The van der Waals surface area contributed by atoms with Crippen LogP contribution in [-0.4, -0.2) is 31.9 Å². The largest absolute Gasteiger partial charge is 0.416 e. The molecule has 0 bridgehead atoms. The summed E-state index contributed by atoms with van der Waals surface area (Å²) >= 11 is 1.35. The Labute approximate surface area is 164 Å². The van der Waals surface area contributed by atoms with Gasteiger partial charge >= 0.3 is 6.18 Å². The second-order valence-corrected chi connectivity index (χ2v) is 6.49. The van der Waals surface area contributed by atoms with Crippen LogP contribution >= 0.6 is 24.2 Å². The molecule has 0 aromatic heterocycles. The summed E-state index contributed by atoms with van der Waals surface area (Å²) in [6.07, 6.45) is -4.37. The average Bonchev–Trinajstić information content (AvgIpc) is 2.61. The van der Waals surface area contributed by atoms with E-state index in [9.17, 15) is 13.2 Å². The van der Waals surface area contributed by atoms with Crippen LogP contribution in [-0.2, 0) is 6.18 Å². The van der Waals surface area contributed by atoms with Gasteiger partial charge in [-0.15, -0.1) is 12.4 Å². The van der Waals surface area contributed by atoms with Crippen LogP contribution in [0.1, 0.15) is 20.2 Å². The molecule has 0 unspecified atom stereocenters. The second kappa shape index (κ2) is 7.89. The van der Waals surface area contributed by atoms with Crippen LogP contribution in [0.3, 0.4) is 0 Å². The maximum absolute atomic E-state index is 13.2. The van der Waals surface area contributed by atoms with Gasteiger partial charge in [-0.25, -0.2) is 0 Å². The summed E-state index contributed by atoms with van der Waals surface area (Å²) < 4.78 is 84.5. The SMILES string of the molecule is Cl.[2H]C([2H])([2H])N(CCCN1c2ccccc2Sc2ccc(C(F)(F)F)cc21)C([2H])([2H])[2H]. The number of anilines is 2. The molecule has 136 valence electrons. The van der Waals surface area contributed by atoms with Crippen molar-refractivity contribution in [2.75, 3.05) is 31.9 Å². The third-order valence-corrected chi connectivity index (χ3v) is 4.85. The van der Waals surface area contributed by atoms with Gasteiger partial charge in [-0.05, 0) is 57.2 Å². The number of hydrogen-bond donors (Lipinski definition) is 0. The van der Waals surface area contributed by atoms with Crippen LogP contribution in [0.25, 0.3) is 0 Å². The van der Waals surface area contributed by atoms with E-state index in [0.29, 0.717) is 21.2 Å². The van der Waals surface area contributed by atoms with Crippen LogP contribution in [0.4, 0.5) is 24.5 Å². The lowest BCUT2D eigenvalue weighted by molar-refractivity contribution is -0.137. The molecule has 0 spiro atoms. The van der Waals surface area contributed by atoms with E-state index in [0.717, 1.165) is 17.0 Å².